The van der Waals surface area contributed by atoms with Gasteiger partial charge in [0.05, 0.1) is 11.3 Å². The Morgan fingerprint density at radius 2 is 1.57 bits per heavy atom. The Kier molecular flexibility index (Phi) is 8.78. The Morgan fingerprint density at radius 3 is 2.05 bits per heavy atom. The minimum absolute atomic E-state index is 0.213. The van der Waals surface area contributed by atoms with E-state index in [2.05, 4.69) is 21.2 Å². The lowest BCUT2D eigenvalue weighted by Gasteiger charge is -2.31. The summed E-state index contributed by atoms with van der Waals surface area (Å²) in [5, 5.41) is 2.15. The predicted molar refractivity (Wildman–Crippen MR) is 120 cm³/mol. The highest BCUT2D eigenvalue weighted by atomic mass is 79.9. The summed E-state index contributed by atoms with van der Waals surface area (Å²) in [5.41, 5.74) is -9.12. The lowest BCUT2D eigenvalue weighted by atomic mass is 9.92. The summed E-state index contributed by atoms with van der Waals surface area (Å²) in [4.78, 5) is 37.9. The molecule has 14 heteroatoms. The summed E-state index contributed by atoms with van der Waals surface area (Å²) < 4.78 is 107. The molecule has 0 heterocycles. The molecule has 0 saturated carbocycles. The molecule has 0 aliphatic carbocycles. The van der Waals surface area contributed by atoms with Gasteiger partial charge in [0.25, 0.3) is 11.8 Å². The molecular formula is C23H19BrF8N2O3. The van der Waals surface area contributed by atoms with E-state index in [1.54, 1.807) is 6.92 Å². The van der Waals surface area contributed by atoms with Gasteiger partial charge in [0.1, 0.15) is 5.82 Å². The number of hydrogen-bond acceptors (Lipinski definition) is 3. The fraction of sp³-hybridized carbons (Fsp3) is 0.348. The standard InChI is InChI=1S/C23H19BrF8N2O3/c1-4-34(3)20(37)16(35)9-12-6-5-7-14(17(12)25)19(36)33-18-11(2)8-13(10-15(18)24)21(26,22(27,28)29)23(30,31)32/h5-8,10H,4,9H2,1-3H3,(H,33,36). The Labute approximate surface area is 213 Å². The molecule has 0 radical (unpaired) electrons. The maximum absolute atomic E-state index is 15.0. The first-order chi connectivity index (χ1) is 16.9. The van der Waals surface area contributed by atoms with Crippen molar-refractivity contribution < 1.29 is 49.5 Å². The Balaban J connectivity index is 2.41. The molecule has 0 bridgehead atoms. The zero-order chi connectivity index (χ0) is 28.5. The zero-order valence-corrected chi connectivity index (χ0v) is 21.0. The number of halogens is 9. The fourth-order valence-electron chi connectivity index (χ4n) is 3.27. The molecule has 2 amide bonds. The Morgan fingerprint density at radius 1 is 1.00 bits per heavy atom. The topological polar surface area (TPSA) is 66.5 Å². The van der Waals surface area contributed by atoms with Crippen molar-refractivity contribution in [1.29, 1.82) is 0 Å². The molecule has 0 unspecified atom stereocenters. The minimum Gasteiger partial charge on any atom is -0.339 e. The second kappa shape index (κ2) is 10.8. The molecule has 0 aromatic heterocycles. The minimum atomic E-state index is -6.34. The van der Waals surface area contributed by atoms with Gasteiger partial charge in [-0.3, -0.25) is 14.4 Å². The van der Waals surface area contributed by atoms with Crippen molar-refractivity contribution in [2.75, 3.05) is 18.9 Å². The SMILES string of the molecule is CCN(C)C(=O)C(=O)Cc1cccc(C(=O)Nc2c(C)cc(C(F)(C(F)(F)F)C(F)(F)F)cc2Br)c1F. The number of benzene rings is 2. The number of aryl methyl sites for hydroxylation is 1. The van der Waals surface area contributed by atoms with Gasteiger partial charge >= 0.3 is 18.0 Å². The highest BCUT2D eigenvalue weighted by molar-refractivity contribution is 9.10. The predicted octanol–water partition coefficient (Wildman–Crippen LogP) is 6.03. The lowest BCUT2D eigenvalue weighted by molar-refractivity contribution is -0.348. The van der Waals surface area contributed by atoms with Crippen LogP contribution < -0.4 is 5.32 Å². The summed E-state index contributed by atoms with van der Waals surface area (Å²) in [6.07, 6.45) is -13.3. The molecule has 0 aliphatic rings. The molecule has 0 atom stereocenters. The van der Waals surface area contributed by atoms with Gasteiger partial charge in [-0.05, 0) is 53.0 Å². The molecular weight excluding hydrogens is 584 g/mol. The number of alkyl halides is 7. The van der Waals surface area contributed by atoms with E-state index in [1.165, 1.54) is 13.1 Å². The van der Waals surface area contributed by atoms with E-state index < -0.39 is 69.0 Å². The number of amides is 2. The van der Waals surface area contributed by atoms with Crippen LogP contribution in [0.5, 0.6) is 0 Å². The zero-order valence-electron chi connectivity index (χ0n) is 19.4. The van der Waals surface area contributed by atoms with Crippen LogP contribution in [0.25, 0.3) is 0 Å². The molecule has 0 fully saturated rings. The van der Waals surface area contributed by atoms with Gasteiger partial charge in [0, 0.05) is 30.0 Å². The van der Waals surface area contributed by atoms with Crippen LogP contribution in [0.15, 0.2) is 34.8 Å². The maximum atomic E-state index is 15.0. The molecule has 1 N–H and O–H groups in total. The van der Waals surface area contributed by atoms with Crippen molar-refractivity contribution in [2.45, 2.75) is 38.3 Å². The van der Waals surface area contributed by atoms with Gasteiger partial charge in [0.15, 0.2) is 0 Å². The molecule has 37 heavy (non-hydrogen) atoms. The molecule has 202 valence electrons. The molecule has 0 spiro atoms. The second-order valence-electron chi connectivity index (χ2n) is 7.96. The quantitative estimate of drug-likeness (QED) is 0.311. The first-order valence-electron chi connectivity index (χ1n) is 10.4. The number of carbonyl (C=O) groups excluding carboxylic acids is 3. The van der Waals surface area contributed by atoms with Crippen LogP contribution in [0, 0.1) is 12.7 Å². The summed E-state index contributed by atoms with van der Waals surface area (Å²) in [7, 11) is 1.36. The van der Waals surface area contributed by atoms with Crippen LogP contribution in [-0.4, -0.2) is 48.4 Å². The fourth-order valence-corrected chi connectivity index (χ4v) is 3.93. The molecule has 2 rings (SSSR count). The first-order valence-corrected chi connectivity index (χ1v) is 11.2. The molecule has 2 aromatic rings. The molecule has 2 aromatic carbocycles. The van der Waals surface area contributed by atoms with Crippen LogP contribution in [0.3, 0.4) is 0 Å². The maximum Gasteiger partial charge on any atom is 0.435 e. The van der Waals surface area contributed by atoms with E-state index in [0.717, 1.165) is 24.0 Å². The monoisotopic (exact) mass is 602 g/mol. The van der Waals surface area contributed by atoms with Crippen molar-refractivity contribution in [2.24, 2.45) is 0 Å². The van der Waals surface area contributed by atoms with Gasteiger partial charge in [-0.25, -0.2) is 8.78 Å². The van der Waals surface area contributed by atoms with Crippen LogP contribution >= 0.6 is 15.9 Å². The highest BCUT2D eigenvalue weighted by Gasteiger charge is 2.73. The average Bonchev–Trinajstić information content (AvgIpc) is 2.79. The summed E-state index contributed by atoms with van der Waals surface area (Å²) >= 11 is 2.73. The molecule has 0 saturated heterocycles. The summed E-state index contributed by atoms with van der Waals surface area (Å²) in [6, 6.07) is 3.86. The van der Waals surface area contributed by atoms with Gasteiger partial charge < -0.3 is 10.2 Å². The number of nitrogens with one attached hydrogen (secondary N) is 1. The normalized spacial score (nSPS) is 12.3. The number of anilines is 1. The largest absolute Gasteiger partial charge is 0.435 e. The second-order valence-corrected chi connectivity index (χ2v) is 8.81. The third-order valence-electron chi connectivity index (χ3n) is 5.44. The average molecular weight is 603 g/mol. The number of Topliss-reactive ketones (excluding diaryl/α,β-unsaturated/α-hetero) is 1. The van der Waals surface area contributed by atoms with Crippen molar-refractivity contribution in [3.8, 4) is 0 Å². The van der Waals surface area contributed by atoms with E-state index in [9.17, 15) is 49.5 Å². The van der Waals surface area contributed by atoms with E-state index in [0.29, 0.717) is 0 Å². The van der Waals surface area contributed by atoms with E-state index >= 15 is 0 Å². The van der Waals surface area contributed by atoms with Crippen LogP contribution in [0.2, 0.25) is 0 Å². The van der Waals surface area contributed by atoms with E-state index in [1.807, 2.05) is 0 Å². The smallest absolute Gasteiger partial charge is 0.339 e. The highest BCUT2D eigenvalue weighted by Crippen LogP contribution is 2.54. The molecule has 5 nitrogen and oxygen atoms in total. The van der Waals surface area contributed by atoms with E-state index in [-0.39, 0.29) is 29.9 Å². The number of carbonyl (C=O) groups is 3. The van der Waals surface area contributed by atoms with Gasteiger partial charge in [-0.15, -0.1) is 0 Å². The number of ketones is 1. The summed E-state index contributed by atoms with van der Waals surface area (Å²) in [5.74, 6) is -4.15. The van der Waals surface area contributed by atoms with Crippen molar-refractivity contribution in [3.05, 3.63) is 62.9 Å². The van der Waals surface area contributed by atoms with Gasteiger partial charge in [-0.2, -0.15) is 26.3 Å². The van der Waals surface area contributed by atoms with Gasteiger partial charge in [-0.1, -0.05) is 18.2 Å². The number of rotatable bonds is 7. The third-order valence-corrected chi connectivity index (χ3v) is 6.06. The van der Waals surface area contributed by atoms with Crippen LogP contribution in [-0.2, 0) is 21.7 Å². The van der Waals surface area contributed by atoms with Crippen LogP contribution in [0.1, 0.15) is 34.0 Å². The Hall–Kier alpha value is -3.03. The van der Waals surface area contributed by atoms with Crippen LogP contribution in [0.4, 0.5) is 40.8 Å². The number of hydrogen-bond donors (Lipinski definition) is 1. The van der Waals surface area contributed by atoms with Crippen molar-refractivity contribution in [1.82, 2.24) is 4.90 Å². The molecule has 0 aliphatic heterocycles. The van der Waals surface area contributed by atoms with Crippen molar-refractivity contribution in [3.63, 3.8) is 0 Å². The number of likely N-dealkylation sites (N-methyl/N-ethyl adjacent to an activating group) is 1. The van der Waals surface area contributed by atoms with Crippen molar-refractivity contribution >= 4 is 39.2 Å². The number of nitrogens with zero attached hydrogens (tertiary/aromatic N) is 1. The first kappa shape index (κ1) is 30.2. The lowest BCUT2D eigenvalue weighted by Crippen LogP contribution is -2.50. The Bertz CT molecular complexity index is 1190. The van der Waals surface area contributed by atoms with Gasteiger partial charge in [0.2, 0.25) is 5.78 Å². The summed E-state index contributed by atoms with van der Waals surface area (Å²) in [6.45, 7) is 2.85. The third kappa shape index (κ3) is 5.94. The van der Waals surface area contributed by atoms with E-state index in [4.69, 9.17) is 0 Å².